The average molecular weight is 281 g/mol. The van der Waals surface area contributed by atoms with Gasteiger partial charge in [0.05, 0.1) is 29.5 Å². The van der Waals surface area contributed by atoms with Gasteiger partial charge in [0.2, 0.25) is 5.91 Å². The highest BCUT2D eigenvalue weighted by Gasteiger charge is 2.22. The normalized spacial score (nSPS) is 17.9. The van der Waals surface area contributed by atoms with E-state index >= 15 is 0 Å². The second-order valence-electron chi connectivity index (χ2n) is 5.53. The summed E-state index contributed by atoms with van der Waals surface area (Å²) < 4.78 is 0. The molecule has 0 radical (unpaired) electrons. The average Bonchev–Trinajstić information content (AvgIpc) is 2.55. The maximum Gasteiger partial charge on any atom is 0.226 e. The molecular weight excluding hydrogens is 262 g/mol. The predicted octanol–water partition coefficient (Wildman–Crippen LogP) is 2.94. The number of allylic oxidation sites excluding steroid dienone is 2. The van der Waals surface area contributed by atoms with Gasteiger partial charge in [-0.1, -0.05) is 24.3 Å². The van der Waals surface area contributed by atoms with Crippen LogP contribution in [0.25, 0.3) is 11.0 Å². The third-order valence-corrected chi connectivity index (χ3v) is 3.89. The van der Waals surface area contributed by atoms with Crippen molar-refractivity contribution in [2.75, 3.05) is 7.05 Å². The molecule has 1 amide bonds. The molecule has 1 heterocycles. The monoisotopic (exact) mass is 281 g/mol. The van der Waals surface area contributed by atoms with Crippen LogP contribution in [0.15, 0.2) is 42.6 Å². The van der Waals surface area contributed by atoms with Crippen LogP contribution in [0.5, 0.6) is 0 Å². The first kappa shape index (κ1) is 13.7. The van der Waals surface area contributed by atoms with E-state index in [1.165, 1.54) is 0 Å². The minimum Gasteiger partial charge on any atom is -0.340 e. The summed E-state index contributed by atoms with van der Waals surface area (Å²) in [6.07, 6.45) is 8.82. The van der Waals surface area contributed by atoms with Crippen molar-refractivity contribution in [1.82, 2.24) is 14.9 Å². The third kappa shape index (κ3) is 3.10. The summed E-state index contributed by atoms with van der Waals surface area (Å²) in [5, 5.41) is 0. The molecule has 1 aliphatic carbocycles. The number of para-hydroxylation sites is 2. The Labute approximate surface area is 124 Å². The predicted molar refractivity (Wildman–Crippen MR) is 82.5 cm³/mol. The lowest BCUT2D eigenvalue weighted by Gasteiger charge is -2.24. The van der Waals surface area contributed by atoms with Gasteiger partial charge in [0.25, 0.3) is 0 Å². The van der Waals surface area contributed by atoms with Crippen LogP contribution in [0.2, 0.25) is 0 Å². The largest absolute Gasteiger partial charge is 0.340 e. The molecule has 2 aromatic rings. The number of fused-ring (bicyclic) bond motifs is 1. The molecule has 0 saturated heterocycles. The smallest absolute Gasteiger partial charge is 0.226 e. The maximum atomic E-state index is 12.4. The quantitative estimate of drug-likeness (QED) is 0.813. The second kappa shape index (κ2) is 6.04. The Hall–Kier alpha value is -2.23. The molecule has 108 valence electrons. The van der Waals surface area contributed by atoms with Gasteiger partial charge in [-0.15, -0.1) is 0 Å². The first-order valence-corrected chi connectivity index (χ1v) is 7.34. The van der Waals surface area contributed by atoms with E-state index in [0.29, 0.717) is 6.54 Å². The van der Waals surface area contributed by atoms with Crippen molar-refractivity contribution < 1.29 is 4.79 Å². The molecule has 3 rings (SSSR count). The van der Waals surface area contributed by atoms with E-state index in [9.17, 15) is 4.79 Å². The molecule has 1 aromatic heterocycles. The van der Waals surface area contributed by atoms with E-state index in [0.717, 1.165) is 36.0 Å². The van der Waals surface area contributed by atoms with E-state index in [-0.39, 0.29) is 11.8 Å². The Kier molecular flexibility index (Phi) is 3.95. The van der Waals surface area contributed by atoms with E-state index in [1.54, 1.807) is 11.1 Å². The molecule has 1 atom stereocenters. The van der Waals surface area contributed by atoms with Crippen LogP contribution in [-0.2, 0) is 11.3 Å². The summed E-state index contributed by atoms with van der Waals surface area (Å²) in [4.78, 5) is 23.1. The molecule has 1 aliphatic rings. The van der Waals surface area contributed by atoms with Crippen molar-refractivity contribution in [1.29, 1.82) is 0 Å². The zero-order valence-corrected chi connectivity index (χ0v) is 12.2. The van der Waals surface area contributed by atoms with E-state index in [2.05, 4.69) is 22.1 Å². The zero-order valence-electron chi connectivity index (χ0n) is 12.2. The highest BCUT2D eigenvalue weighted by molar-refractivity contribution is 5.79. The highest BCUT2D eigenvalue weighted by Crippen LogP contribution is 2.20. The van der Waals surface area contributed by atoms with Crippen LogP contribution in [0.1, 0.15) is 25.0 Å². The summed E-state index contributed by atoms with van der Waals surface area (Å²) in [5.41, 5.74) is 2.58. The number of carbonyl (C=O) groups excluding carboxylic acids is 1. The van der Waals surface area contributed by atoms with Gasteiger partial charge in [-0.25, -0.2) is 4.98 Å². The minimum absolute atomic E-state index is 0.119. The van der Waals surface area contributed by atoms with Crippen molar-refractivity contribution in [3.63, 3.8) is 0 Å². The van der Waals surface area contributed by atoms with Gasteiger partial charge in [0.1, 0.15) is 0 Å². The van der Waals surface area contributed by atoms with E-state index in [4.69, 9.17) is 0 Å². The molecule has 4 nitrogen and oxygen atoms in total. The van der Waals surface area contributed by atoms with Gasteiger partial charge >= 0.3 is 0 Å². The van der Waals surface area contributed by atoms with E-state index in [1.807, 2.05) is 31.3 Å². The molecule has 0 N–H and O–H groups in total. The molecule has 0 fully saturated rings. The maximum absolute atomic E-state index is 12.4. The summed E-state index contributed by atoms with van der Waals surface area (Å²) >= 11 is 0. The highest BCUT2D eigenvalue weighted by atomic mass is 16.2. The molecule has 0 aliphatic heterocycles. The number of rotatable bonds is 3. The first-order valence-electron chi connectivity index (χ1n) is 7.34. The molecule has 4 heteroatoms. The number of carbonyl (C=O) groups is 1. The summed E-state index contributed by atoms with van der Waals surface area (Å²) in [6, 6.07) is 7.78. The minimum atomic E-state index is 0.119. The van der Waals surface area contributed by atoms with Crippen LogP contribution in [0.3, 0.4) is 0 Å². The number of nitrogens with zero attached hydrogens (tertiary/aromatic N) is 3. The molecule has 0 bridgehead atoms. The van der Waals surface area contributed by atoms with Crippen LogP contribution in [0, 0.1) is 5.92 Å². The molecule has 0 spiro atoms. The Bertz CT molecular complexity index is 681. The first-order chi connectivity index (χ1) is 10.2. The van der Waals surface area contributed by atoms with Gasteiger partial charge in [0.15, 0.2) is 0 Å². The molecule has 0 saturated carbocycles. The van der Waals surface area contributed by atoms with Crippen LogP contribution in [0.4, 0.5) is 0 Å². The Morgan fingerprint density at radius 3 is 2.86 bits per heavy atom. The standard InChI is InChI=1S/C17H19N3O/c1-20(17(21)13-7-3-2-4-8-13)12-14-11-18-15-9-5-6-10-16(15)19-14/h2-3,5-6,9-11,13H,4,7-8,12H2,1H3/t13-/m0/s1. The lowest BCUT2D eigenvalue weighted by molar-refractivity contribution is -0.135. The fraction of sp³-hybridized carbons (Fsp3) is 0.353. The lowest BCUT2D eigenvalue weighted by Crippen LogP contribution is -2.33. The van der Waals surface area contributed by atoms with Crippen molar-refractivity contribution in [2.45, 2.75) is 25.8 Å². The topological polar surface area (TPSA) is 46.1 Å². The Balaban J connectivity index is 1.71. The van der Waals surface area contributed by atoms with Gasteiger partial charge in [-0.3, -0.25) is 9.78 Å². The Morgan fingerprint density at radius 2 is 2.10 bits per heavy atom. The van der Waals surface area contributed by atoms with Gasteiger partial charge in [-0.2, -0.15) is 0 Å². The van der Waals surface area contributed by atoms with Gasteiger partial charge in [-0.05, 0) is 31.4 Å². The summed E-state index contributed by atoms with van der Waals surface area (Å²) in [6.45, 7) is 0.511. The number of hydrogen-bond donors (Lipinski definition) is 0. The van der Waals surface area contributed by atoms with Crippen molar-refractivity contribution in [3.8, 4) is 0 Å². The molecule has 21 heavy (non-hydrogen) atoms. The third-order valence-electron chi connectivity index (χ3n) is 3.89. The van der Waals surface area contributed by atoms with Gasteiger partial charge in [0, 0.05) is 13.0 Å². The van der Waals surface area contributed by atoms with Crippen molar-refractivity contribution in [2.24, 2.45) is 5.92 Å². The van der Waals surface area contributed by atoms with Crippen molar-refractivity contribution in [3.05, 3.63) is 48.3 Å². The fourth-order valence-corrected chi connectivity index (χ4v) is 2.72. The van der Waals surface area contributed by atoms with Crippen LogP contribution >= 0.6 is 0 Å². The van der Waals surface area contributed by atoms with Crippen LogP contribution in [-0.4, -0.2) is 27.8 Å². The SMILES string of the molecule is CN(Cc1cnc2ccccc2n1)C(=O)[C@H]1CC=CCC1. The molecule has 1 aromatic carbocycles. The van der Waals surface area contributed by atoms with E-state index < -0.39 is 0 Å². The summed E-state index contributed by atoms with van der Waals surface area (Å²) in [7, 11) is 1.84. The number of amides is 1. The zero-order chi connectivity index (χ0) is 14.7. The van der Waals surface area contributed by atoms with Crippen molar-refractivity contribution >= 4 is 16.9 Å². The fourth-order valence-electron chi connectivity index (χ4n) is 2.72. The second-order valence-corrected chi connectivity index (χ2v) is 5.53. The number of benzene rings is 1. The number of hydrogen-bond acceptors (Lipinski definition) is 3. The molecule has 0 unspecified atom stereocenters. The van der Waals surface area contributed by atoms with Crippen LogP contribution < -0.4 is 0 Å². The van der Waals surface area contributed by atoms with Gasteiger partial charge < -0.3 is 4.90 Å². The Morgan fingerprint density at radius 1 is 1.29 bits per heavy atom. The summed E-state index contributed by atoms with van der Waals surface area (Å²) in [5.74, 6) is 0.322. The lowest BCUT2D eigenvalue weighted by atomic mass is 9.93. The molecular formula is C17H19N3O. The number of aromatic nitrogens is 2.